The molecule has 7 heteroatoms. The molecule has 4 rings (SSSR count). The molecule has 1 aliphatic rings. The van der Waals surface area contributed by atoms with Gasteiger partial charge in [0.15, 0.2) is 0 Å². The number of carbonyl (C=O) groups is 2. The summed E-state index contributed by atoms with van der Waals surface area (Å²) in [6, 6.07) is 15.3. The van der Waals surface area contributed by atoms with Gasteiger partial charge < -0.3 is 10.2 Å². The number of likely N-dealkylation sites (tertiary alicyclic amines) is 1. The lowest BCUT2D eigenvalue weighted by Gasteiger charge is -2.31. The summed E-state index contributed by atoms with van der Waals surface area (Å²) in [5, 5.41) is 2.82. The molecule has 0 saturated carbocycles. The molecule has 2 heterocycles. The number of aryl methyl sites for hydroxylation is 1. The lowest BCUT2D eigenvalue weighted by Crippen LogP contribution is -2.38. The normalized spacial score (nSPS) is 14.2. The number of hydrogen-bond donors (Lipinski definition) is 1. The van der Waals surface area contributed by atoms with Gasteiger partial charge in [0.05, 0.1) is 11.3 Å². The summed E-state index contributed by atoms with van der Waals surface area (Å²) < 4.78 is 13.0. The van der Waals surface area contributed by atoms with Crippen LogP contribution in [0.25, 0.3) is 0 Å². The number of hydrogen-bond acceptors (Lipinski definition) is 4. The zero-order valence-corrected chi connectivity index (χ0v) is 17.9. The topological polar surface area (TPSA) is 75.2 Å². The van der Waals surface area contributed by atoms with Gasteiger partial charge in [-0.25, -0.2) is 14.4 Å². The maximum Gasteiger partial charge on any atom is 0.254 e. The summed E-state index contributed by atoms with van der Waals surface area (Å²) in [6.45, 7) is 3.40. The highest BCUT2D eigenvalue weighted by atomic mass is 19.1. The van der Waals surface area contributed by atoms with Crippen LogP contribution in [0.3, 0.4) is 0 Å². The average Bonchev–Trinajstić information content (AvgIpc) is 2.83. The molecule has 0 aliphatic carbocycles. The Labute approximate surface area is 186 Å². The molecular weight excluding hydrogens is 407 g/mol. The molecule has 2 amide bonds. The monoisotopic (exact) mass is 432 g/mol. The summed E-state index contributed by atoms with van der Waals surface area (Å²) >= 11 is 0. The van der Waals surface area contributed by atoms with Gasteiger partial charge in [-0.3, -0.25) is 9.59 Å². The second kappa shape index (κ2) is 9.68. The third-order valence-corrected chi connectivity index (χ3v) is 5.78. The van der Waals surface area contributed by atoms with Crippen LogP contribution in [0.15, 0.2) is 60.8 Å². The highest BCUT2D eigenvalue weighted by Gasteiger charge is 2.26. The predicted octanol–water partition coefficient (Wildman–Crippen LogP) is 3.87. The molecule has 1 aromatic heterocycles. The SMILES string of the molecule is Cc1nc(C2CCN(C(=O)c3ccccc3)CC2)ncc1C(=O)NCc1ccc(F)cc1. The Morgan fingerprint density at radius 3 is 2.41 bits per heavy atom. The number of aromatic nitrogens is 2. The number of piperidine rings is 1. The molecule has 164 valence electrons. The molecule has 32 heavy (non-hydrogen) atoms. The first-order valence-electron chi connectivity index (χ1n) is 10.7. The van der Waals surface area contributed by atoms with Crippen LogP contribution in [0.4, 0.5) is 4.39 Å². The first-order valence-corrected chi connectivity index (χ1v) is 10.7. The van der Waals surface area contributed by atoms with Crippen molar-refractivity contribution in [3.8, 4) is 0 Å². The highest BCUT2D eigenvalue weighted by molar-refractivity contribution is 5.95. The smallest absolute Gasteiger partial charge is 0.254 e. The number of benzene rings is 2. The van der Waals surface area contributed by atoms with Crippen LogP contribution in [0, 0.1) is 12.7 Å². The van der Waals surface area contributed by atoms with Gasteiger partial charge in [-0.15, -0.1) is 0 Å². The minimum absolute atomic E-state index is 0.0503. The molecule has 3 aromatic rings. The minimum Gasteiger partial charge on any atom is -0.348 e. The van der Waals surface area contributed by atoms with E-state index in [0.29, 0.717) is 42.3 Å². The quantitative estimate of drug-likeness (QED) is 0.664. The van der Waals surface area contributed by atoms with Gasteiger partial charge in [-0.05, 0) is 49.6 Å². The van der Waals surface area contributed by atoms with Crippen molar-refractivity contribution in [3.63, 3.8) is 0 Å². The van der Waals surface area contributed by atoms with Gasteiger partial charge >= 0.3 is 0 Å². The summed E-state index contributed by atoms with van der Waals surface area (Å²) in [5.41, 5.74) is 2.56. The summed E-state index contributed by atoms with van der Waals surface area (Å²) in [6.07, 6.45) is 3.14. The molecule has 1 fully saturated rings. The van der Waals surface area contributed by atoms with Gasteiger partial charge in [0.2, 0.25) is 0 Å². The number of rotatable bonds is 5. The molecule has 0 radical (unpaired) electrons. The van der Waals surface area contributed by atoms with E-state index in [4.69, 9.17) is 0 Å². The number of nitrogens with zero attached hydrogens (tertiary/aromatic N) is 3. The molecule has 0 unspecified atom stereocenters. The predicted molar refractivity (Wildman–Crippen MR) is 119 cm³/mol. The van der Waals surface area contributed by atoms with E-state index in [9.17, 15) is 14.0 Å². The summed E-state index contributed by atoms with van der Waals surface area (Å²) in [4.78, 5) is 36.1. The maximum atomic E-state index is 13.0. The van der Waals surface area contributed by atoms with E-state index in [-0.39, 0.29) is 23.5 Å². The van der Waals surface area contributed by atoms with Crippen LogP contribution in [-0.4, -0.2) is 39.8 Å². The van der Waals surface area contributed by atoms with Crippen LogP contribution in [0.5, 0.6) is 0 Å². The average molecular weight is 432 g/mol. The van der Waals surface area contributed by atoms with Crippen LogP contribution >= 0.6 is 0 Å². The van der Waals surface area contributed by atoms with E-state index in [0.717, 1.165) is 18.4 Å². The molecule has 0 spiro atoms. The number of nitrogens with one attached hydrogen (secondary N) is 1. The van der Waals surface area contributed by atoms with Gasteiger partial charge in [0, 0.05) is 37.3 Å². The molecule has 1 aliphatic heterocycles. The first-order chi connectivity index (χ1) is 15.5. The van der Waals surface area contributed by atoms with E-state index in [1.165, 1.54) is 12.1 Å². The molecular formula is C25H25FN4O2. The molecule has 1 N–H and O–H groups in total. The van der Waals surface area contributed by atoms with Crippen molar-refractivity contribution in [1.82, 2.24) is 20.2 Å². The van der Waals surface area contributed by atoms with E-state index in [2.05, 4.69) is 15.3 Å². The largest absolute Gasteiger partial charge is 0.348 e. The minimum atomic E-state index is -0.310. The lowest BCUT2D eigenvalue weighted by atomic mass is 9.95. The van der Waals surface area contributed by atoms with Gasteiger partial charge in [-0.2, -0.15) is 0 Å². The van der Waals surface area contributed by atoms with Crippen molar-refractivity contribution in [2.75, 3.05) is 13.1 Å². The fourth-order valence-electron chi connectivity index (χ4n) is 3.89. The van der Waals surface area contributed by atoms with Crippen molar-refractivity contribution in [3.05, 3.63) is 94.8 Å². The van der Waals surface area contributed by atoms with E-state index >= 15 is 0 Å². The Morgan fingerprint density at radius 1 is 1.06 bits per heavy atom. The van der Waals surface area contributed by atoms with Crippen molar-refractivity contribution in [2.45, 2.75) is 32.2 Å². The van der Waals surface area contributed by atoms with E-state index in [1.807, 2.05) is 35.2 Å². The summed E-state index contributed by atoms with van der Waals surface area (Å²) in [7, 11) is 0. The Balaban J connectivity index is 1.34. The Kier molecular flexibility index (Phi) is 6.54. The first kappa shape index (κ1) is 21.6. The van der Waals surface area contributed by atoms with Crippen LogP contribution in [0.1, 0.15) is 56.6 Å². The number of amides is 2. The van der Waals surface area contributed by atoms with Crippen molar-refractivity contribution >= 4 is 11.8 Å². The van der Waals surface area contributed by atoms with Crippen LogP contribution in [-0.2, 0) is 6.54 Å². The standard InChI is InChI=1S/C25H25FN4O2/c1-17-22(24(31)28-15-18-7-9-21(26)10-8-18)16-27-23(29-17)19-11-13-30(14-12-19)25(32)20-5-3-2-4-6-20/h2-10,16,19H,11-15H2,1H3,(H,28,31). The molecule has 2 aromatic carbocycles. The van der Waals surface area contributed by atoms with Crippen LogP contribution < -0.4 is 5.32 Å². The fraction of sp³-hybridized carbons (Fsp3) is 0.280. The van der Waals surface area contributed by atoms with E-state index < -0.39 is 0 Å². The third kappa shape index (κ3) is 4.99. The highest BCUT2D eigenvalue weighted by Crippen LogP contribution is 2.26. The lowest BCUT2D eigenvalue weighted by molar-refractivity contribution is 0.0710. The third-order valence-electron chi connectivity index (χ3n) is 5.78. The Morgan fingerprint density at radius 2 is 1.75 bits per heavy atom. The van der Waals surface area contributed by atoms with Crippen molar-refractivity contribution in [1.29, 1.82) is 0 Å². The van der Waals surface area contributed by atoms with Gasteiger partial charge in [-0.1, -0.05) is 30.3 Å². The second-order valence-corrected chi connectivity index (χ2v) is 7.97. The number of halogens is 1. The van der Waals surface area contributed by atoms with Gasteiger partial charge in [0.1, 0.15) is 11.6 Å². The van der Waals surface area contributed by atoms with E-state index in [1.54, 1.807) is 25.3 Å². The Bertz CT molecular complexity index is 1090. The number of carbonyl (C=O) groups excluding carboxylic acids is 2. The molecule has 1 saturated heterocycles. The Hall–Kier alpha value is -3.61. The molecule has 0 bridgehead atoms. The fourth-order valence-corrected chi connectivity index (χ4v) is 3.89. The zero-order chi connectivity index (χ0) is 22.5. The zero-order valence-electron chi connectivity index (χ0n) is 17.9. The summed E-state index contributed by atoms with van der Waals surface area (Å²) in [5.74, 6) is 0.348. The van der Waals surface area contributed by atoms with Gasteiger partial charge in [0.25, 0.3) is 11.8 Å². The van der Waals surface area contributed by atoms with Crippen LogP contribution in [0.2, 0.25) is 0 Å². The molecule has 0 atom stereocenters. The second-order valence-electron chi connectivity index (χ2n) is 7.97. The van der Waals surface area contributed by atoms with Crippen molar-refractivity contribution < 1.29 is 14.0 Å². The molecule has 6 nitrogen and oxygen atoms in total. The van der Waals surface area contributed by atoms with Crippen molar-refractivity contribution in [2.24, 2.45) is 0 Å². The maximum absolute atomic E-state index is 13.0.